The highest BCUT2D eigenvalue weighted by Gasteiger charge is 2.11. The number of methoxy groups -OCH3 is 2. The van der Waals surface area contributed by atoms with E-state index in [1.807, 2.05) is 0 Å². The van der Waals surface area contributed by atoms with Gasteiger partial charge in [0.2, 0.25) is 0 Å². The Morgan fingerprint density at radius 1 is 1.50 bits per heavy atom. The lowest BCUT2D eigenvalue weighted by atomic mass is 10.2. The van der Waals surface area contributed by atoms with Crippen LogP contribution >= 0.6 is 0 Å². The third-order valence-electron chi connectivity index (χ3n) is 2.12. The molecule has 0 saturated heterocycles. The summed E-state index contributed by atoms with van der Waals surface area (Å²) < 4.78 is 25.1. The van der Waals surface area contributed by atoms with E-state index >= 15 is 0 Å². The minimum absolute atomic E-state index is 0.0357. The summed E-state index contributed by atoms with van der Waals surface area (Å²) in [5.74, 6) is -0.965. The van der Waals surface area contributed by atoms with E-state index in [0.29, 0.717) is 5.52 Å². The molecular formula is C11H11NO4. The van der Waals surface area contributed by atoms with Crippen LogP contribution in [-0.4, -0.2) is 30.3 Å². The van der Waals surface area contributed by atoms with Gasteiger partial charge in [-0.1, -0.05) is 0 Å². The highest BCUT2D eigenvalue weighted by Crippen LogP contribution is 2.31. The minimum atomic E-state index is -0.700. The number of fused-ring (bicyclic) bond motifs is 1. The van der Waals surface area contributed by atoms with Gasteiger partial charge >= 0.3 is 5.97 Å². The molecule has 0 atom stereocenters. The van der Waals surface area contributed by atoms with Crippen molar-refractivity contribution in [2.45, 2.75) is 0 Å². The standard InChI is InChI=1S/C11H11NO4/c1-15-10-4-6-3-8(11(14)16-2)12-7(6)5-9(10)13/h3-5,12-13H,1-2H3/i3D,4D. The molecule has 0 radical (unpaired) electrons. The number of rotatable bonds is 2. The highest BCUT2D eigenvalue weighted by molar-refractivity contribution is 5.95. The Hall–Kier alpha value is -2.17. The van der Waals surface area contributed by atoms with Gasteiger partial charge in [-0.15, -0.1) is 0 Å². The SMILES string of the molecule is [2H]c1c(C(=O)OC)[nH]c2cc(O)c(OC)c([2H])c12. The van der Waals surface area contributed by atoms with E-state index < -0.39 is 5.97 Å². The smallest absolute Gasteiger partial charge is 0.354 e. The van der Waals surface area contributed by atoms with Crippen LogP contribution in [-0.2, 0) is 4.74 Å². The fraction of sp³-hybridized carbons (Fsp3) is 0.182. The molecule has 5 nitrogen and oxygen atoms in total. The number of benzene rings is 1. The van der Waals surface area contributed by atoms with Crippen molar-refractivity contribution >= 4 is 16.9 Å². The number of carbonyl (C=O) groups excluding carboxylic acids is 1. The van der Waals surface area contributed by atoms with E-state index in [4.69, 9.17) is 7.48 Å². The van der Waals surface area contributed by atoms with Crippen molar-refractivity contribution in [2.75, 3.05) is 14.2 Å². The van der Waals surface area contributed by atoms with E-state index in [1.165, 1.54) is 20.3 Å². The molecule has 0 fully saturated rings. The van der Waals surface area contributed by atoms with Gasteiger partial charge in [0, 0.05) is 11.5 Å². The average Bonchev–Trinajstić information content (AvgIpc) is 2.66. The van der Waals surface area contributed by atoms with E-state index in [1.54, 1.807) is 0 Å². The number of esters is 1. The molecule has 0 saturated carbocycles. The van der Waals surface area contributed by atoms with Crippen molar-refractivity contribution < 1.29 is 22.1 Å². The fourth-order valence-corrected chi connectivity index (χ4v) is 1.37. The first kappa shape index (κ1) is 8.04. The van der Waals surface area contributed by atoms with Crippen molar-refractivity contribution in [2.24, 2.45) is 0 Å². The molecule has 0 unspecified atom stereocenters. The minimum Gasteiger partial charge on any atom is -0.504 e. The van der Waals surface area contributed by atoms with Gasteiger partial charge in [0.15, 0.2) is 11.5 Å². The summed E-state index contributed by atoms with van der Waals surface area (Å²) >= 11 is 0. The molecule has 0 bridgehead atoms. The summed E-state index contributed by atoms with van der Waals surface area (Å²) in [4.78, 5) is 14.1. The van der Waals surface area contributed by atoms with E-state index in [9.17, 15) is 9.90 Å². The summed E-state index contributed by atoms with van der Waals surface area (Å²) in [7, 11) is 2.52. The summed E-state index contributed by atoms with van der Waals surface area (Å²) in [6.45, 7) is 0. The molecule has 1 aromatic carbocycles. The number of carbonyl (C=O) groups is 1. The second-order valence-corrected chi connectivity index (χ2v) is 3.09. The second kappa shape index (κ2) is 3.77. The Morgan fingerprint density at radius 2 is 2.25 bits per heavy atom. The molecule has 1 heterocycles. The number of aromatic hydroxyl groups is 1. The molecule has 0 amide bonds. The fourth-order valence-electron chi connectivity index (χ4n) is 1.37. The molecule has 2 rings (SSSR count). The van der Waals surface area contributed by atoms with Crippen molar-refractivity contribution in [3.8, 4) is 11.5 Å². The quantitative estimate of drug-likeness (QED) is 0.759. The molecule has 0 spiro atoms. The molecule has 2 aromatic rings. The van der Waals surface area contributed by atoms with Crippen LogP contribution < -0.4 is 4.74 Å². The van der Waals surface area contributed by atoms with Crippen LogP contribution in [0.25, 0.3) is 10.9 Å². The van der Waals surface area contributed by atoms with Gasteiger partial charge in [-0.2, -0.15) is 0 Å². The number of phenols is 1. The van der Waals surface area contributed by atoms with Gasteiger partial charge in [0.1, 0.15) is 5.69 Å². The Morgan fingerprint density at radius 3 is 2.88 bits per heavy atom. The zero-order valence-electron chi connectivity index (χ0n) is 10.7. The van der Waals surface area contributed by atoms with Gasteiger partial charge in [-0.05, 0) is 12.1 Å². The van der Waals surface area contributed by atoms with Crippen molar-refractivity contribution in [1.82, 2.24) is 4.98 Å². The van der Waals surface area contributed by atoms with Crippen LogP contribution in [0.2, 0.25) is 0 Å². The molecule has 5 heteroatoms. The van der Waals surface area contributed by atoms with Crippen LogP contribution in [0.15, 0.2) is 18.2 Å². The van der Waals surface area contributed by atoms with Gasteiger partial charge in [-0.3, -0.25) is 0 Å². The third-order valence-corrected chi connectivity index (χ3v) is 2.12. The van der Waals surface area contributed by atoms with Crippen LogP contribution in [0, 0.1) is 0 Å². The number of hydrogen-bond donors (Lipinski definition) is 2. The van der Waals surface area contributed by atoms with Crippen molar-refractivity contribution in [1.29, 1.82) is 0 Å². The number of aromatic amines is 1. The summed E-state index contributed by atoms with van der Waals surface area (Å²) in [5.41, 5.74) is 0.248. The first-order chi connectivity index (χ1) is 8.51. The van der Waals surface area contributed by atoms with Crippen LogP contribution in [0.4, 0.5) is 0 Å². The Bertz CT molecular complexity index is 636. The molecule has 1 aromatic heterocycles. The van der Waals surface area contributed by atoms with Crippen molar-refractivity contribution in [3.63, 3.8) is 0 Å². The first-order valence-corrected chi connectivity index (χ1v) is 4.48. The number of phenolic OH excluding ortho intramolecular Hbond substituents is 1. The Balaban J connectivity index is 2.81. The maximum absolute atomic E-state index is 11.4. The first-order valence-electron chi connectivity index (χ1n) is 5.48. The lowest BCUT2D eigenvalue weighted by molar-refractivity contribution is 0.0595. The summed E-state index contributed by atoms with van der Waals surface area (Å²) in [6.07, 6.45) is 0. The topological polar surface area (TPSA) is 71.6 Å². The molecule has 84 valence electrons. The lowest BCUT2D eigenvalue weighted by Crippen LogP contribution is -2.00. The zero-order valence-corrected chi connectivity index (χ0v) is 8.75. The maximum Gasteiger partial charge on any atom is 0.354 e. The number of hydrogen-bond acceptors (Lipinski definition) is 4. The highest BCUT2D eigenvalue weighted by atomic mass is 16.5. The largest absolute Gasteiger partial charge is 0.504 e. The number of aromatic nitrogens is 1. The lowest BCUT2D eigenvalue weighted by Gasteiger charge is -2.01. The van der Waals surface area contributed by atoms with Gasteiger partial charge in [0.05, 0.1) is 22.5 Å². The van der Waals surface area contributed by atoms with Crippen LogP contribution in [0.1, 0.15) is 13.2 Å². The summed E-state index contributed by atoms with van der Waals surface area (Å²) in [6, 6.07) is 1.00. The van der Waals surface area contributed by atoms with E-state index in [2.05, 4.69) is 9.72 Å². The molecule has 0 aliphatic rings. The predicted molar refractivity (Wildman–Crippen MR) is 57.9 cm³/mol. The average molecular weight is 223 g/mol. The van der Waals surface area contributed by atoms with E-state index in [0.717, 1.165) is 0 Å². The summed E-state index contributed by atoms with van der Waals surface area (Å²) in [5, 5.41) is 9.84. The molecule has 0 aliphatic carbocycles. The normalized spacial score (nSPS) is 12.1. The van der Waals surface area contributed by atoms with Gasteiger partial charge in [0.25, 0.3) is 0 Å². The number of H-pyrrole nitrogens is 1. The Labute approximate surface area is 94.4 Å². The van der Waals surface area contributed by atoms with E-state index in [-0.39, 0.29) is 34.7 Å². The third kappa shape index (κ3) is 1.56. The molecular weight excluding hydrogens is 210 g/mol. The maximum atomic E-state index is 11.4. The monoisotopic (exact) mass is 223 g/mol. The molecule has 2 N–H and O–H groups in total. The van der Waals surface area contributed by atoms with Crippen LogP contribution in [0.5, 0.6) is 11.5 Å². The van der Waals surface area contributed by atoms with Crippen LogP contribution in [0.3, 0.4) is 0 Å². The number of nitrogens with one attached hydrogen (secondary N) is 1. The van der Waals surface area contributed by atoms with Crippen molar-refractivity contribution in [3.05, 3.63) is 23.8 Å². The number of ether oxygens (including phenoxy) is 2. The molecule has 0 aliphatic heterocycles. The van der Waals surface area contributed by atoms with Gasteiger partial charge in [-0.25, -0.2) is 4.79 Å². The van der Waals surface area contributed by atoms with Gasteiger partial charge < -0.3 is 19.6 Å². The second-order valence-electron chi connectivity index (χ2n) is 3.09. The Kier molecular flexibility index (Phi) is 1.89. The zero-order chi connectivity index (χ0) is 13.4. The molecule has 16 heavy (non-hydrogen) atoms. The predicted octanol–water partition coefficient (Wildman–Crippen LogP) is 1.67.